The molecule has 0 bridgehead atoms. The van der Waals surface area contributed by atoms with Gasteiger partial charge in [0, 0.05) is 28.7 Å². The fourth-order valence-electron chi connectivity index (χ4n) is 2.59. The van der Waals surface area contributed by atoms with Gasteiger partial charge in [-0.3, -0.25) is 4.79 Å². The zero-order chi connectivity index (χ0) is 18.7. The summed E-state index contributed by atoms with van der Waals surface area (Å²) in [4.78, 5) is 24.6. The van der Waals surface area contributed by atoms with Gasteiger partial charge in [0.25, 0.3) is 0 Å². The van der Waals surface area contributed by atoms with Gasteiger partial charge in [0.05, 0.1) is 5.56 Å². The lowest BCUT2D eigenvalue weighted by Gasteiger charge is -2.04. The van der Waals surface area contributed by atoms with Crippen LogP contribution in [0.15, 0.2) is 21.2 Å². The van der Waals surface area contributed by atoms with Crippen molar-refractivity contribution in [2.45, 2.75) is 33.1 Å². The van der Waals surface area contributed by atoms with Crippen molar-refractivity contribution in [3.8, 4) is 11.5 Å². The number of aromatic carboxylic acids is 1. The molecule has 9 heteroatoms. The highest BCUT2D eigenvalue weighted by Crippen LogP contribution is 2.33. The molecule has 3 rings (SSSR count). The van der Waals surface area contributed by atoms with E-state index < -0.39 is 5.97 Å². The van der Waals surface area contributed by atoms with Crippen LogP contribution >= 0.6 is 22.7 Å². The third kappa shape index (κ3) is 3.83. The number of rotatable bonds is 7. The molecule has 0 fully saturated rings. The molecule has 0 atom stereocenters. The number of hydrogen-bond donors (Lipinski definition) is 2. The van der Waals surface area contributed by atoms with Crippen molar-refractivity contribution in [1.82, 2.24) is 10.2 Å². The van der Waals surface area contributed by atoms with Crippen molar-refractivity contribution in [2.24, 2.45) is 0 Å². The van der Waals surface area contributed by atoms with Crippen LogP contribution in [0.5, 0.6) is 0 Å². The number of carboxylic acids is 1. The van der Waals surface area contributed by atoms with E-state index in [1.54, 1.807) is 0 Å². The number of carbonyl (C=O) groups excluding carboxylic acids is 1. The number of amides is 1. The average molecular weight is 391 g/mol. The maximum absolute atomic E-state index is 12.2. The van der Waals surface area contributed by atoms with Gasteiger partial charge in [-0.2, -0.15) is 11.3 Å². The lowest BCUT2D eigenvalue weighted by Crippen LogP contribution is -2.14. The van der Waals surface area contributed by atoms with Crippen LogP contribution in [0.4, 0.5) is 5.00 Å². The number of nitrogens with zero attached hydrogens (tertiary/aromatic N) is 2. The molecule has 0 aliphatic carbocycles. The molecular formula is C17H17N3O4S2. The van der Waals surface area contributed by atoms with Crippen molar-refractivity contribution in [3.63, 3.8) is 0 Å². The summed E-state index contributed by atoms with van der Waals surface area (Å²) < 4.78 is 5.54. The van der Waals surface area contributed by atoms with E-state index in [4.69, 9.17) is 4.42 Å². The summed E-state index contributed by atoms with van der Waals surface area (Å²) in [5, 5.41) is 24.2. The van der Waals surface area contributed by atoms with Gasteiger partial charge in [0.1, 0.15) is 5.00 Å². The molecule has 3 aromatic rings. The maximum atomic E-state index is 12.2. The molecule has 3 aromatic heterocycles. The molecule has 1 amide bonds. The molecule has 0 radical (unpaired) electrons. The fourth-order valence-corrected chi connectivity index (χ4v) is 4.37. The summed E-state index contributed by atoms with van der Waals surface area (Å²) in [5.74, 6) is -0.516. The van der Waals surface area contributed by atoms with Gasteiger partial charge in [-0.25, -0.2) is 4.79 Å². The monoisotopic (exact) mass is 391 g/mol. The van der Waals surface area contributed by atoms with Crippen LogP contribution in [0.1, 0.15) is 40.0 Å². The Kier molecular flexibility index (Phi) is 5.48. The first-order chi connectivity index (χ1) is 12.5. The smallest absolute Gasteiger partial charge is 0.339 e. The molecular weight excluding hydrogens is 374 g/mol. The summed E-state index contributed by atoms with van der Waals surface area (Å²) in [6.45, 7) is 3.75. The number of aromatic nitrogens is 2. The van der Waals surface area contributed by atoms with Gasteiger partial charge < -0.3 is 14.8 Å². The molecule has 0 saturated carbocycles. The van der Waals surface area contributed by atoms with Crippen molar-refractivity contribution in [3.05, 3.63) is 38.7 Å². The molecule has 0 aliphatic heterocycles. The number of hydrogen-bond acceptors (Lipinski definition) is 7. The molecule has 136 valence electrons. The first-order valence-corrected chi connectivity index (χ1v) is 9.75. The van der Waals surface area contributed by atoms with Crippen molar-refractivity contribution < 1.29 is 19.1 Å². The molecule has 0 saturated heterocycles. The van der Waals surface area contributed by atoms with E-state index in [0.29, 0.717) is 23.2 Å². The number of nitrogens with one attached hydrogen (secondary N) is 1. The Bertz CT molecular complexity index is 928. The third-order valence-corrected chi connectivity index (χ3v) is 5.58. The number of anilines is 1. The van der Waals surface area contributed by atoms with Crippen LogP contribution in [-0.2, 0) is 17.6 Å². The Morgan fingerprint density at radius 2 is 2.15 bits per heavy atom. The van der Waals surface area contributed by atoms with E-state index in [2.05, 4.69) is 15.5 Å². The highest BCUT2D eigenvalue weighted by atomic mass is 32.1. The van der Waals surface area contributed by atoms with Crippen LogP contribution in [0.2, 0.25) is 0 Å². The van der Waals surface area contributed by atoms with Gasteiger partial charge in [-0.05, 0) is 30.4 Å². The molecule has 0 aliphatic rings. The molecule has 0 unspecified atom stereocenters. The first kappa shape index (κ1) is 18.3. The summed E-state index contributed by atoms with van der Waals surface area (Å²) in [5.41, 5.74) is 1.79. The van der Waals surface area contributed by atoms with E-state index in [-0.39, 0.29) is 24.3 Å². The SMILES string of the molecule is CCc1c(C)sc(NC(=O)CCc2nnc(-c3ccsc3)o2)c1C(=O)O. The summed E-state index contributed by atoms with van der Waals surface area (Å²) in [7, 11) is 0. The van der Waals surface area contributed by atoms with Crippen LogP contribution in [0, 0.1) is 6.92 Å². The highest BCUT2D eigenvalue weighted by molar-refractivity contribution is 7.16. The molecule has 26 heavy (non-hydrogen) atoms. The quantitative estimate of drug-likeness (QED) is 0.631. The minimum atomic E-state index is -1.03. The van der Waals surface area contributed by atoms with Gasteiger partial charge in [-0.1, -0.05) is 6.92 Å². The van der Waals surface area contributed by atoms with Gasteiger partial charge in [0.2, 0.25) is 17.7 Å². The van der Waals surface area contributed by atoms with E-state index in [9.17, 15) is 14.7 Å². The lowest BCUT2D eigenvalue weighted by atomic mass is 10.1. The van der Waals surface area contributed by atoms with E-state index in [1.165, 1.54) is 22.7 Å². The highest BCUT2D eigenvalue weighted by Gasteiger charge is 2.22. The summed E-state index contributed by atoms with van der Waals surface area (Å²) in [6.07, 6.45) is 1.02. The Balaban J connectivity index is 1.64. The average Bonchev–Trinajstić information content (AvgIpc) is 3.32. The molecule has 7 nitrogen and oxygen atoms in total. The number of carboxylic acid groups (broad SMARTS) is 1. The van der Waals surface area contributed by atoms with E-state index >= 15 is 0 Å². The molecule has 0 aromatic carbocycles. The summed E-state index contributed by atoms with van der Waals surface area (Å²) in [6, 6.07) is 1.88. The molecule has 0 spiro atoms. The number of carbonyl (C=O) groups is 2. The van der Waals surface area contributed by atoms with Crippen LogP contribution in [0.25, 0.3) is 11.5 Å². The Hall–Kier alpha value is -2.52. The van der Waals surface area contributed by atoms with Crippen LogP contribution < -0.4 is 5.32 Å². The topological polar surface area (TPSA) is 105 Å². The second kappa shape index (κ2) is 7.79. The fraction of sp³-hybridized carbons (Fsp3) is 0.294. The van der Waals surface area contributed by atoms with E-state index in [0.717, 1.165) is 16.0 Å². The Morgan fingerprint density at radius 1 is 1.35 bits per heavy atom. The predicted octanol–water partition coefficient (Wildman–Crippen LogP) is 4.00. The zero-order valence-electron chi connectivity index (χ0n) is 14.2. The minimum Gasteiger partial charge on any atom is -0.478 e. The van der Waals surface area contributed by atoms with Gasteiger partial charge in [0.15, 0.2) is 0 Å². The van der Waals surface area contributed by atoms with Gasteiger partial charge >= 0.3 is 5.97 Å². The standard InChI is InChI=1S/C17H17N3O4S2/c1-3-11-9(2)26-16(14(11)17(22)23)18-12(21)4-5-13-19-20-15(24-13)10-6-7-25-8-10/h6-8H,3-5H2,1-2H3,(H,18,21)(H,22,23). The normalized spacial score (nSPS) is 10.8. The van der Waals surface area contributed by atoms with Crippen molar-refractivity contribution in [1.29, 1.82) is 0 Å². The zero-order valence-corrected chi connectivity index (χ0v) is 15.9. The van der Waals surface area contributed by atoms with Crippen molar-refractivity contribution >= 4 is 39.6 Å². The summed E-state index contributed by atoms with van der Waals surface area (Å²) >= 11 is 2.82. The molecule has 2 N–H and O–H groups in total. The number of aryl methyl sites for hydroxylation is 2. The predicted molar refractivity (Wildman–Crippen MR) is 100.0 cm³/mol. The molecule has 3 heterocycles. The van der Waals surface area contributed by atoms with Gasteiger partial charge in [-0.15, -0.1) is 21.5 Å². The Labute approximate surface area is 157 Å². The van der Waals surface area contributed by atoms with Crippen LogP contribution in [0.3, 0.4) is 0 Å². The Morgan fingerprint density at radius 3 is 2.81 bits per heavy atom. The third-order valence-electron chi connectivity index (χ3n) is 3.83. The lowest BCUT2D eigenvalue weighted by molar-refractivity contribution is -0.116. The minimum absolute atomic E-state index is 0.128. The van der Waals surface area contributed by atoms with Crippen molar-refractivity contribution in [2.75, 3.05) is 5.32 Å². The number of thiophene rings is 2. The second-order valence-corrected chi connectivity index (χ2v) is 7.57. The van der Waals surface area contributed by atoms with Crippen LogP contribution in [-0.4, -0.2) is 27.2 Å². The van der Waals surface area contributed by atoms with E-state index in [1.807, 2.05) is 30.7 Å². The second-order valence-electron chi connectivity index (χ2n) is 5.56. The largest absolute Gasteiger partial charge is 0.478 e. The first-order valence-electron chi connectivity index (χ1n) is 8.00. The maximum Gasteiger partial charge on any atom is 0.339 e.